The van der Waals surface area contributed by atoms with Crippen LogP contribution < -0.4 is 10.6 Å². The fourth-order valence-corrected chi connectivity index (χ4v) is 3.15. The first kappa shape index (κ1) is 17.2. The van der Waals surface area contributed by atoms with E-state index in [1.165, 1.54) is 16.5 Å². The van der Waals surface area contributed by atoms with Crippen LogP contribution in [0.1, 0.15) is 23.6 Å². The van der Waals surface area contributed by atoms with Gasteiger partial charge in [0.15, 0.2) is 0 Å². The lowest BCUT2D eigenvalue weighted by molar-refractivity contribution is -0.115. The van der Waals surface area contributed by atoms with Crippen LogP contribution in [0.2, 0.25) is 0 Å². The summed E-state index contributed by atoms with van der Waals surface area (Å²) >= 11 is 0. The molecule has 0 aliphatic heterocycles. The first-order valence-corrected chi connectivity index (χ1v) is 8.83. The van der Waals surface area contributed by atoms with Crippen molar-refractivity contribution in [2.75, 3.05) is 18.4 Å². The number of hydrogen-bond acceptors (Lipinski definition) is 2. The van der Waals surface area contributed by atoms with E-state index >= 15 is 0 Å². The van der Waals surface area contributed by atoms with Gasteiger partial charge in [0.05, 0.1) is 6.54 Å². The molecule has 2 aromatic carbocycles. The second-order valence-electron chi connectivity index (χ2n) is 6.30. The number of nitrogens with one attached hydrogen (secondary N) is 3. The topological polar surface area (TPSA) is 56.9 Å². The lowest BCUT2D eigenvalue weighted by Crippen LogP contribution is -2.30. The Morgan fingerprint density at radius 3 is 2.76 bits per heavy atom. The second kappa shape index (κ2) is 7.99. The SMILES string of the molecule is CCc1cccc(C)c1NC(=O)CNCCc1c[nH]c2ccccc12. The molecule has 0 bridgehead atoms. The summed E-state index contributed by atoms with van der Waals surface area (Å²) in [5.41, 5.74) is 5.66. The van der Waals surface area contributed by atoms with Gasteiger partial charge in [0, 0.05) is 22.8 Å². The maximum absolute atomic E-state index is 12.2. The number of aryl methyl sites for hydroxylation is 2. The highest BCUT2D eigenvalue weighted by molar-refractivity contribution is 5.93. The molecule has 1 aromatic heterocycles. The van der Waals surface area contributed by atoms with Gasteiger partial charge in [-0.15, -0.1) is 0 Å². The normalized spacial score (nSPS) is 11.0. The van der Waals surface area contributed by atoms with E-state index in [-0.39, 0.29) is 5.91 Å². The number of fused-ring (bicyclic) bond motifs is 1. The van der Waals surface area contributed by atoms with Crippen molar-refractivity contribution in [1.29, 1.82) is 0 Å². The molecule has 0 spiro atoms. The number of H-pyrrole nitrogens is 1. The maximum atomic E-state index is 12.2. The zero-order chi connectivity index (χ0) is 17.6. The van der Waals surface area contributed by atoms with E-state index in [2.05, 4.69) is 40.7 Å². The van der Waals surface area contributed by atoms with E-state index in [0.29, 0.717) is 6.54 Å². The third-order valence-electron chi connectivity index (χ3n) is 4.54. The van der Waals surface area contributed by atoms with Gasteiger partial charge in [-0.1, -0.05) is 43.3 Å². The number of amides is 1. The van der Waals surface area contributed by atoms with Crippen LogP contribution in [0.4, 0.5) is 5.69 Å². The van der Waals surface area contributed by atoms with E-state index in [9.17, 15) is 4.79 Å². The van der Waals surface area contributed by atoms with Crippen molar-refractivity contribution in [3.05, 3.63) is 65.4 Å². The monoisotopic (exact) mass is 335 g/mol. The minimum absolute atomic E-state index is 0.00271. The lowest BCUT2D eigenvalue weighted by Gasteiger charge is -2.13. The van der Waals surface area contributed by atoms with Crippen LogP contribution in [0.5, 0.6) is 0 Å². The molecule has 1 heterocycles. The number of anilines is 1. The number of benzene rings is 2. The minimum Gasteiger partial charge on any atom is -0.361 e. The van der Waals surface area contributed by atoms with Gasteiger partial charge in [0.25, 0.3) is 0 Å². The number of rotatable bonds is 7. The van der Waals surface area contributed by atoms with Gasteiger partial charge in [-0.3, -0.25) is 4.79 Å². The number of carbonyl (C=O) groups excluding carboxylic acids is 1. The fraction of sp³-hybridized carbons (Fsp3) is 0.286. The number of carbonyl (C=O) groups is 1. The highest BCUT2D eigenvalue weighted by Crippen LogP contribution is 2.21. The predicted molar refractivity (Wildman–Crippen MR) is 104 cm³/mol. The molecule has 3 N–H and O–H groups in total. The van der Waals surface area contributed by atoms with Gasteiger partial charge in [-0.05, 0) is 49.1 Å². The molecule has 4 nitrogen and oxygen atoms in total. The van der Waals surface area contributed by atoms with Crippen molar-refractivity contribution < 1.29 is 4.79 Å². The molecular formula is C21H25N3O. The fourth-order valence-electron chi connectivity index (χ4n) is 3.15. The molecule has 0 fully saturated rings. The zero-order valence-electron chi connectivity index (χ0n) is 14.9. The molecule has 0 aliphatic carbocycles. The lowest BCUT2D eigenvalue weighted by atomic mass is 10.1. The van der Waals surface area contributed by atoms with Gasteiger partial charge in [-0.25, -0.2) is 0 Å². The van der Waals surface area contributed by atoms with Crippen LogP contribution in [-0.4, -0.2) is 24.0 Å². The van der Waals surface area contributed by atoms with Crippen molar-refractivity contribution in [3.63, 3.8) is 0 Å². The molecule has 25 heavy (non-hydrogen) atoms. The number of aromatic amines is 1. The van der Waals surface area contributed by atoms with Crippen LogP contribution >= 0.6 is 0 Å². The number of aromatic nitrogens is 1. The Hall–Kier alpha value is -2.59. The smallest absolute Gasteiger partial charge is 0.238 e. The molecule has 0 atom stereocenters. The van der Waals surface area contributed by atoms with E-state index in [0.717, 1.165) is 36.2 Å². The van der Waals surface area contributed by atoms with Crippen molar-refractivity contribution in [2.45, 2.75) is 26.7 Å². The van der Waals surface area contributed by atoms with Gasteiger partial charge < -0.3 is 15.6 Å². The standard InChI is InChI=1S/C21H25N3O/c1-3-16-8-6-7-15(2)21(16)24-20(25)14-22-12-11-17-13-23-19-10-5-4-9-18(17)19/h4-10,13,22-23H,3,11-12,14H2,1-2H3,(H,24,25). The average molecular weight is 335 g/mol. The maximum Gasteiger partial charge on any atom is 0.238 e. The quantitative estimate of drug-likeness (QED) is 0.575. The van der Waals surface area contributed by atoms with Gasteiger partial charge in [0.1, 0.15) is 0 Å². The van der Waals surface area contributed by atoms with Crippen LogP contribution in [0, 0.1) is 6.92 Å². The third kappa shape index (κ3) is 4.09. The molecule has 0 saturated carbocycles. The Morgan fingerprint density at radius 2 is 1.92 bits per heavy atom. The Kier molecular flexibility index (Phi) is 5.51. The zero-order valence-corrected chi connectivity index (χ0v) is 14.9. The first-order chi connectivity index (χ1) is 12.2. The summed E-state index contributed by atoms with van der Waals surface area (Å²) in [6.07, 6.45) is 3.85. The predicted octanol–water partition coefficient (Wildman–Crippen LogP) is 3.81. The molecular weight excluding hydrogens is 310 g/mol. The first-order valence-electron chi connectivity index (χ1n) is 8.83. The summed E-state index contributed by atoms with van der Waals surface area (Å²) < 4.78 is 0. The number of para-hydroxylation sites is 2. The second-order valence-corrected chi connectivity index (χ2v) is 6.30. The van der Waals surface area contributed by atoms with E-state index in [1.54, 1.807) is 0 Å². The minimum atomic E-state index is 0.00271. The van der Waals surface area contributed by atoms with Crippen molar-refractivity contribution >= 4 is 22.5 Å². The molecule has 3 rings (SSSR count). The summed E-state index contributed by atoms with van der Waals surface area (Å²) in [5, 5.41) is 7.54. The molecule has 3 aromatic rings. The Labute approximate surface area is 148 Å². The van der Waals surface area contributed by atoms with E-state index < -0.39 is 0 Å². The Morgan fingerprint density at radius 1 is 1.08 bits per heavy atom. The highest BCUT2D eigenvalue weighted by atomic mass is 16.1. The van der Waals surface area contributed by atoms with Gasteiger partial charge in [-0.2, -0.15) is 0 Å². The molecule has 0 saturated heterocycles. The van der Waals surface area contributed by atoms with E-state index in [4.69, 9.17) is 0 Å². The van der Waals surface area contributed by atoms with Crippen LogP contribution in [0.25, 0.3) is 10.9 Å². The third-order valence-corrected chi connectivity index (χ3v) is 4.54. The Balaban J connectivity index is 1.50. The average Bonchev–Trinajstić information content (AvgIpc) is 3.04. The molecule has 0 unspecified atom stereocenters. The van der Waals surface area contributed by atoms with Gasteiger partial charge >= 0.3 is 0 Å². The molecule has 1 amide bonds. The Bertz CT molecular complexity index is 866. The van der Waals surface area contributed by atoms with Crippen molar-refractivity contribution in [3.8, 4) is 0 Å². The molecule has 0 radical (unpaired) electrons. The summed E-state index contributed by atoms with van der Waals surface area (Å²) in [7, 11) is 0. The largest absolute Gasteiger partial charge is 0.361 e. The molecule has 0 aliphatic rings. The van der Waals surface area contributed by atoms with Crippen LogP contribution in [0.3, 0.4) is 0 Å². The van der Waals surface area contributed by atoms with Gasteiger partial charge in [0.2, 0.25) is 5.91 Å². The summed E-state index contributed by atoms with van der Waals surface area (Å²) in [4.78, 5) is 15.5. The van der Waals surface area contributed by atoms with Crippen molar-refractivity contribution in [1.82, 2.24) is 10.3 Å². The van der Waals surface area contributed by atoms with E-state index in [1.807, 2.05) is 37.4 Å². The van der Waals surface area contributed by atoms with Crippen molar-refractivity contribution in [2.24, 2.45) is 0 Å². The van der Waals surface area contributed by atoms with Crippen LogP contribution in [0.15, 0.2) is 48.7 Å². The molecule has 4 heteroatoms. The summed E-state index contributed by atoms with van der Waals surface area (Å²) in [5.74, 6) is 0.00271. The highest BCUT2D eigenvalue weighted by Gasteiger charge is 2.08. The van der Waals surface area contributed by atoms with Crippen LogP contribution in [-0.2, 0) is 17.6 Å². The number of hydrogen-bond donors (Lipinski definition) is 3. The summed E-state index contributed by atoms with van der Waals surface area (Å²) in [6, 6.07) is 14.4. The molecule has 130 valence electrons. The summed E-state index contributed by atoms with van der Waals surface area (Å²) in [6.45, 7) is 5.21.